The van der Waals surface area contributed by atoms with E-state index in [1.165, 1.54) is 5.56 Å². The zero-order chi connectivity index (χ0) is 15.2. The maximum absolute atomic E-state index is 5.16. The van der Waals surface area contributed by atoms with Gasteiger partial charge in [-0.05, 0) is 47.1 Å². The summed E-state index contributed by atoms with van der Waals surface area (Å²) < 4.78 is 8.11. The number of nitrogens with zero attached hydrogens (tertiary/aromatic N) is 3. The summed E-state index contributed by atoms with van der Waals surface area (Å²) in [6, 6.07) is 4.11. The molecule has 6 heteroatoms. The lowest BCUT2D eigenvalue weighted by atomic mass is 10.1. The fourth-order valence-corrected chi connectivity index (χ4v) is 2.80. The molecule has 0 aliphatic heterocycles. The van der Waals surface area contributed by atoms with Crippen LogP contribution in [0.25, 0.3) is 0 Å². The quantitative estimate of drug-likeness (QED) is 0.832. The maximum atomic E-state index is 5.16. The molecule has 2 rings (SSSR count). The van der Waals surface area contributed by atoms with Gasteiger partial charge in [0.15, 0.2) is 0 Å². The monoisotopic (exact) mass is 352 g/mol. The van der Waals surface area contributed by atoms with Gasteiger partial charge in [-0.25, -0.2) is 0 Å². The average molecular weight is 353 g/mol. The van der Waals surface area contributed by atoms with Gasteiger partial charge in [-0.1, -0.05) is 6.92 Å². The van der Waals surface area contributed by atoms with E-state index in [-0.39, 0.29) is 6.04 Å². The largest absolute Gasteiger partial charge is 0.383 e. The summed E-state index contributed by atoms with van der Waals surface area (Å²) in [5, 5.41) is 7.92. The molecule has 0 spiro atoms. The van der Waals surface area contributed by atoms with Crippen LogP contribution in [0.15, 0.2) is 29.0 Å². The van der Waals surface area contributed by atoms with Crippen LogP contribution in [0.4, 0.5) is 0 Å². The van der Waals surface area contributed by atoms with Crippen molar-refractivity contribution in [2.75, 3.05) is 20.3 Å². The molecule has 0 aliphatic rings. The Kier molecular flexibility index (Phi) is 5.90. The number of methoxy groups -OCH3 is 1. The minimum atomic E-state index is 0.00336. The second-order valence-corrected chi connectivity index (χ2v) is 5.70. The molecule has 0 radical (unpaired) electrons. The Labute approximate surface area is 133 Å². The van der Waals surface area contributed by atoms with Crippen molar-refractivity contribution in [1.82, 2.24) is 20.1 Å². The van der Waals surface area contributed by atoms with Crippen LogP contribution < -0.4 is 5.32 Å². The first kappa shape index (κ1) is 16.1. The van der Waals surface area contributed by atoms with Crippen LogP contribution in [-0.2, 0) is 11.3 Å². The fraction of sp³-hybridized carbons (Fsp3) is 0.467. The predicted octanol–water partition coefficient (Wildman–Crippen LogP) is 2.69. The smallest absolute Gasteiger partial charge is 0.0933 e. The number of hydrogen-bond donors (Lipinski definition) is 1. The molecule has 1 unspecified atom stereocenters. The maximum Gasteiger partial charge on any atom is 0.0933 e. The van der Waals surface area contributed by atoms with Gasteiger partial charge in [-0.3, -0.25) is 9.67 Å². The van der Waals surface area contributed by atoms with E-state index in [4.69, 9.17) is 4.74 Å². The van der Waals surface area contributed by atoms with E-state index in [1.54, 1.807) is 7.11 Å². The van der Waals surface area contributed by atoms with Crippen LogP contribution in [0.2, 0.25) is 0 Å². The number of rotatable bonds is 7. The fourth-order valence-electron chi connectivity index (χ4n) is 2.28. The van der Waals surface area contributed by atoms with Crippen molar-refractivity contribution in [2.24, 2.45) is 0 Å². The normalized spacial score (nSPS) is 12.6. The van der Waals surface area contributed by atoms with Gasteiger partial charge >= 0.3 is 0 Å². The van der Waals surface area contributed by atoms with Crippen molar-refractivity contribution in [2.45, 2.75) is 26.4 Å². The van der Waals surface area contributed by atoms with Crippen LogP contribution in [0, 0.1) is 6.92 Å². The minimum absolute atomic E-state index is 0.00336. The molecule has 21 heavy (non-hydrogen) atoms. The lowest BCUT2D eigenvalue weighted by Gasteiger charge is -2.20. The van der Waals surface area contributed by atoms with E-state index in [1.807, 2.05) is 23.1 Å². The van der Waals surface area contributed by atoms with Crippen molar-refractivity contribution in [1.29, 1.82) is 0 Å². The number of aromatic nitrogens is 3. The number of aryl methyl sites for hydroxylation is 1. The molecule has 1 N–H and O–H groups in total. The zero-order valence-electron chi connectivity index (χ0n) is 12.6. The van der Waals surface area contributed by atoms with Gasteiger partial charge in [-0.15, -0.1) is 0 Å². The SMILES string of the molecule is CCNC(c1cc(C)ccn1)c1c(Br)cnn1CCOC. The van der Waals surface area contributed by atoms with E-state index >= 15 is 0 Å². The van der Waals surface area contributed by atoms with Crippen LogP contribution in [0.5, 0.6) is 0 Å². The van der Waals surface area contributed by atoms with Gasteiger partial charge < -0.3 is 10.1 Å². The lowest BCUT2D eigenvalue weighted by molar-refractivity contribution is 0.182. The summed E-state index contributed by atoms with van der Waals surface area (Å²) >= 11 is 3.60. The van der Waals surface area contributed by atoms with Gasteiger partial charge in [0.25, 0.3) is 0 Å². The Balaban J connectivity index is 2.40. The highest BCUT2D eigenvalue weighted by Gasteiger charge is 2.22. The Morgan fingerprint density at radius 2 is 2.29 bits per heavy atom. The second-order valence-electron chi connectivity index (χ2n) is 4.84. The van der Waals surface area contributed by atoms with Crippen molar-refractivity contribution in [3.8, 4) is 0 Å². The van der Waals surface area contributed by atoms with Crippen LogP contribution in [0.1, 0.15) is 29.9 Å². The molecule has 0 bridgehead atoms. The topological polar surface area (TPSA) is 52.0 Å². The third kappa shape index (κ3) is 3.90. The highest BCUT2D eigenvalue weighted by molar-refractivity contribution is 9.10. The van der Waals surface area contributed by atoms with Crippen LogP contribution >= 0.6 is 15.9 Å². The Hall–Kier alpha value is -1.24. The first-order valence-corrected chi connectivity index (χ1v) is 7.82. The summed E-state index contributed by atoms with van der Waals surface area (Å²) in [5.74, 6) is 0. The van der Waals surface area contributed by atoms with Crippen molar-refractivity contribution < 1.29 is 4.74 Å². The van der Waals surface area contributed by atoms with E-state index < -0.39 is 0 Å². The molecule has 0 aliphatic carbocycles. The third-order valence-electron chi connectivity index (χ3n) is 3.25. The molecule has 0 saturated heterocycles. The average Bonchev–Trinajstić information content (AvgIpc) is 2.83. The molecule has 2 heterocycles. The summed E-state index contributed by atoms with van der Waals surface area (Å²) in [6.07, 6.45) is 3.67. The highest BCUT2D eigenvalue weighted by Crippen LogP contribution is 2.28. The number of ether oxygens (including phenoxy) is 1. The second kappa shape index (κ2) is 7.68. The first-order chi connectivity index (χ1) is 10.2. The Bertz CT molecular complexity index is 585. The van der Waals surface area contributed by atoms with Crippen LogP contribution in [-0.4, -0.2) is 35.0 Å². The molecule has 5 nitrogen and oxygen atoms in total. The van der Waals surface area contributed by atoms with Gasteiger partial charge in [0, 0.05) is 13.3 Å². The molecular formula is C15H21BrN4O. The number of nitrogens with one attached hydrogen (secondary N) is 1. The number of pyridine rings is 1. The predicted molar refractivity (Wildman–Crippen MR) is 86.3 cm³/mol. The molecule has 0 amide bonds. The standard InChI is InChI=1S/C15H21BrN4O/c1-4-17-14(13-9-11(2)5-6-18-13)15-12(16)10-19-20(15)7-8-21-3/h5-6,9-10,14,17H,4,7-8H2,1-3H3. The van der Waals surface area contributed by atoms with Gasteiger partial charge in [-0.2, -0.15) is 5.10 Å². The number of halogens is 1. The Morgan fingerprint density at radius 3 is 2.95 bits per heavy atom. The van der Waals surface area contributed by atoms with Gasteiger partial charge in [0.05, 0.1) is 41.3 Å². The summed E-state index contributed by atoms with van der Waals surface area (Å²) in [7, 11) is 1.70. The van der Waals surface area contributed by atoms with E-state index in [0.29, 0.717) is 13.2 Å². The molecular weight excluding hydrogens is 332 g/mol. The first-order valence-electron chi connectivity index (χ1n) is 7.03. The molecule has 2 aromatic rings. The molecule has 0 saturated carbocycles. The molecule has 0 fully saturated rings. The Morgan fingerprint density at radius 1 is 1.48 bits per heavy atom. The van der Waals surface area contributed by atoms with E-state index in [9.17, 15) is 0 Å². The van der Waals surface area contributed by atoms with Crippen LogP contribution in [0.3, 0.4) is 0 Å². The van der Waals surface area contributed by atoms with Gasteiger partial charge in [0.2, 0.25) is 0 Å². The molecule has 2 aromatic heterocycles. The minimum Gasteiger partial charge on any atom is -0.383 e. The van der Waals surface area contributed by atoms with Crippen molar-refractivity contribution in [3.05, 3.63) is 46.0 Å². The molecule has 0 aromatic carbocycles. The zero-order valence-corrected chi connectivity index (χ0v) is 14.2. The molecule has 114 valence electrons. The van der Waals surface area contributed by atoms with E-state index in [0.717, 1.165) is 22.4 Å². The third-order valence-corrected chi connectivity index (χ3v) is 3.87. The summed E-state index contributed by atoms with van der Waals surface area (Å²) in [6.45, 7) is 6.35. The van der Waals surface area contributed by atoms with Crippen molar-refractivity contribution >= 4 is 15.9 Å². The van der Waals surface area contributed by atoms with Gasteiger partial charge in [0.1, 0.15) is 0 Å². The van der Waals surface area contributed by atoms with Crippen molar-refractivity contribution in [3.63, 3.8) is 0 Å². The summed E-state index contributed by atoms with van der Waals surface area (Å²) in [5.41, 5.74) is 3.27. The summed E-state index contributed by atoms with van der Waals surface area (Å²) in [4.78, 5) is 4.52. The lowest BCUT2D eigenvalue weighted by Crippen LogP contribution is -2.26. The molecule has 1 atom stereocenters. The number of hydrogen-bond acceptors (Lipinski definition) is 4. The van der Waals surface area contributed by atoms with E-state index in [2.05, 4.69) is 51.2 Å². The highest BCUT2D eigenvalue weighted by atomic mass is 79.9.